The van der Waals surface area contributed by atoms with Crippen molar-refractivity contribution < 1.29 is 0 Å². The fraction of sp³-hybridized carbons (Fsp3) is 0.333. The molecule has 0 bridgehead atoms. The lowest BCUT2D eigenvalue weighted by Crippen LogP contribution is -2.00. The van der Waals surface area contributed by atoms with E-state index in [1.165, 1.54) is 5.56 Å². The van der Waals surface area contributed by atoms with E-state index in [4.69, 9.17) is 5.73 Å². The van der Waals surface area contributed by atoms with Crippen LogP contribution in [-0.4, -0.2) is 21.5 Å². The highest BCUT2D eigenvalue weighted by atomic mass is 79.9. The maximum absolute atomic E-state index is 5.47. The van der Waals surface area contributed by atoms with Crippen LogP contribution >= 0.6 is 15.9 Å². The molecule has 0 aliphatic rings. The van der Waals surface area contributed by atoms with Gasteiger partial charge in [-0.15, -0.1) is 5.10 Å². The molecule has 0 atom stereocenters. The molecule has 0 aliphatic heterocycles. The molecule has 0 saturated carbocycles. The van der Waals surface area contributed by atoms with Crippen molar-refractivity contribution in [1.82, 2.24) is 15.0 Å². The average Bonchev–Trinajstić information content (AvgIpc) is 2.73. The van der Waals surface area contributed by atoms with Crippen LogP contribution < -0.4 is 5.73 Å². The van der Waals surface area contributed by atoms with Gasteiger partial charge in [-0.05, 0) is 50.1 Å². The summed E-state index contributed by atoms with van der Waals surface area (Å²) in [7, 11) is 0. The van der Waals surface area contributed by atoms with Crippen LogP contribution in [0.25, 0.3) is 5.69 Å². The minimum Gasteiger partial charge on any atom is -0.330 e. The van der Waals surface area contributed by atoms with Gasteiger partial charge < -0.3 is 5.73 Å². The predicted molar refractivity (Wildman–Crippen MR) is 71.2 cm³/mol. The van der Waals surface area contributed by atoms with Crippen LogP contribution in [0, 0.1) is 6.92 Å². The topological polar surface area (TPSA) is 56.7 Å². The van der Waals surface area contributed by atoms with Crippen molar-refractivity contribution in [1.29, 1.82) is 0 Å². The summed E-state index contributed by atoms with van der Waals surface area (Å²) in [6, 6.07) is 6.16. The van der Waals surface area contributed by atoms with Crippen molar-refractivity contribution in [2.45, 2.75) is 19.8 Å². The molecule has 5 heteroatoms. The molecule has 1 aromatic carbocycles. The Labute approximate surface area is 109 Å². The predicted octanol–water partition coefficient (Wildman–Crippen LogP) is 2.23. The monoisotopic (exact) mass is 294 g/mol. The third-order valence-corrected chi connectivity index (χ3v) is 2.93. The van der Waals surface area contributed by atoms with Gasteiger partial charge in [0.05, 0.1) is 17.6 Å². The zero-order valence-corrected chi connectivity index (χ0v) is 11.3. The Bertz CT molecular complexity index is 487. The molecule has 0 amide bonds. The number of hydrogen-bond acceptors (Lipinski definition) is 3. The fourth-order valence-electron chi connectivity index (χ4n) is 1.67. The molecule has 0 unspecified atom stereocenters. The van der Waals surface area contributed by atoms with Crippen molar-refractivity contribution >= 4 is 15.9 Å². The molecule has 1 aromatic heterocycles. The lowest BCUT2D eigenvalue weighted by Gasteiger charge is -2.02. The number of benzene rings is 1. The van der Waals surface area contributed by atoms with Crippen molar-refractivity contribution in [3.05, 3.63) is 40.1 Å². The first kappa shape index (κ1) is 12.3. The third kappa shape index (κ3) is 3.14. The number of rotatable bonds is 4. The lowest BCUT2D eigenvalue weighted by molar-refractivity contribution is 0.778. The van der Waals surface area contributed by atoms with E-state index < -0.39 is 0 Å². The van der Waals surface area contributed by atoms with Crippen LogP contribution in [-0.2, 0) is 6.42 Å². The molecule has 0 aliphatic carbocycles. The molecule has 0 fully saturated rings. The van der Waals surface area contributed by atoms with Gasteiger partial charge in [-0.25, -0.2) is 4.68 Å². The Kier molecular flexibility index (Phi) is 3.91. The van der Waals surface area contributed by atoms with E-state index in [0.717, 1.165) is 28.7 Å². The molecule has 2 aromatic rings. The van der Waals surface area contributed by atoms with Crippen LogP contribution in [0.15, 0.2) is 28.9 Å². The number of nitrogens with two attached hydrogens (primary N) is 1. The van der Waals surface area contributed by atoms with E-state index in [1.807, 2.05) is 12.3 Å². The minimum absolute atomic E-state index is 0.683. The summed E-state index contributed by atoms with van der Waals surface area (Å²) in [5.41, 5.74) is 8.66. The molecule has 0 spiro atoms. The fourth-order valence-corrected chi connectivity index (χ4v) is 2.27. The van der Waals surface area contributed by atoms with Gasteiger partial charge in [0.2, 0.25) is 0 Å². The first-order chi connectivity index (χ1) is 8.19. The molecule has 0 radical (unpaired) electrons. The Morgan fingerprint density at radius 3 is 2.88 bits per heavy atom. The Balaban J connectivity index is 2.24. The third-order valence-electron chi connectivity index (χ3n) is 2.47. The van der Waals surface area contributed by atoms with Crippen LogP contribution in [0.4, 0.5) is 0 Å². The molecule has 0 saturated heterocycles. The van der Waals surface area contributed by atoms with Crippen molar-refractivity contribution in [3.8, 4) is 5.69 Å². The average molecular weight is 295 g/mol. The number of halogens is 1. The number of hydrogen-bond donors (Lipinski definition) is 1. The van der Waals surface area contributed by atoms with Gasteiger partial charge in [-0.1, -0.05) is 21.1 Å². The highest BCUT2D eigenvalue weighted by Gasteiger charge is 2.03. The summed E-state index contributed by atoms with van der Waals surface area (Å²) >= 11 is 3.48. The molecular weight excluding hydrogens is 280 g/mol. The van der Waals surface area contributed by atoms with Gasteiger partial charge in [-0.3, -0.25) is 0 Å². The highest BCUT2D eigenvalue weighted by molar-refractivity contribution is 9.10. The number of nitrogens with zero attached hydrogens (tertiary/aromatic N) is 3. The zero-order chi connectivity index (χ0) is 12.3. The summed E-state index contributed by atoms with van der Waals surface area (Å²) in [6.45, 7) is 2.74. The number of aromatic nitrogens is 3. The normalized spacial score (nSPS) is 10.8. The largest absolute Gasteiger partial charge is 0.330 e. The quantitative estimate of drug-likeness (QED) is 0.941. The van der Waals surface area contributed by atoms with E-state index >= 15 is 0 Å². The van der Waals surface area contributed by atoms with Crippen molar-refractivity contribution in [3.63, 3.8) is 0 Å². The summed E-state index contributed by atoms with van der Waals surface area (Å²) < 4.78 is 2.84. The lowest BCUT2D eigenvalue weighted by atomic mass is 10.2. The van der Waals surface area contributed by atoms with Gasteiger partial charge in [0.25, 0.3) is 0 Å². The molecule has 90 valence electrons. The van der Waals surface area contributed by atoms with E-state index in [-0.39, 0.29) is 0 Å². The Hall–Kier alpha value is -1.20. The molecule has 4 nitrogen and oxygen atoms in total. The standard InChI is InChI=1S/C12H15BrN4/c1-9-5-10(13)7-12(6-9)17-8-11(15-16-17)3-2-4-14/h5-8H,2-4,14H2,1H3. The summed E-state index contributed by atoms with van der Waals surface area (Å²) in [5, 5.41) is 8.26. The van der Waals surface area contributed by atoms with E-state index in [0.29, 0.717) is 6.54 Å². The second kappa shape index (κ2) is 5.42. The van der Waals surface area contributed by atoms with Crippen LogP contribution in [0.2, 0.25) is 0 Å². The molecule has 1 heterocycles. The summed E-state index contributed by atoms with van der Waals surface area (Å²) in [4.78, 5) is 0. The molecular formula is C12H15BrN4. The van der Waals surface area contributed by atoms with Crippen LogP contribution in [0.1, 0.15) is 17.7 Å². The number of aryl methyl sites for hydroxylation is 2. The maximum atomic E-state index is 5.47. The van der Waals surface area contributed by atoms with Gasteiger partial charge in [0.1, 0.15) is 0 Å². The summed E-state index contributed by atoms with van der Waals surface area (Å²) in [6.07, 6.45) is 3.77. The second-order valence-corrected chi connectivity index (χ2v) is 4.95. The van der Waals surface area contributed by atoms with Gasteiger partial charge in [0.15, 0.2) is 0 Å². The van der Waals surface area contributed by atoms with E-state index in [2.05, 4.69) is 45.3 Å². The smallest absolute Gasteiger partial charge is 0.0832 e. The maximum Gasteiger partial charge on any atom is 0.0832 e. The van der Waals surface area contributed by atoms with Gasteiger partial charge in [0, 0.05) is 4.47 Å². The van der Waals surface area contributed by atoms with Crippen molar-refractivity contribution in [2.24, 2.45) is 5.73 Å². The van der Waals surface area contributed by atoms with Crippen molar-refractivity contribution in [2.75, 3.05) is 6.54 Å². The first-order valence-electron chi connectivity index (χ1n) is 5.58. The minimum atomic E-state index is 0.683. The molecule has 2 N–H and O–H groups in total. The second-order valence-electron chi connectivity index (χ2n) is 4.03. The Morgan fingerprint density at radius 1 is 1.35 bits per heavy atom. The van der Waals surface area contributed by atoms with Gasteiger partial charge in [-0.2, -0.15) is 0 Å². The SMILES string of the molecule is Cc1cc(Br)cc(-n2cc(CCCN)nn2)c1. The van der Waals surface area contributed by atoms with Gasteiger partial charge >= 0.3 is 0 Å². The Morgan fingerprint density at radius 2 is 2.18 bits per heavy atom. The first-order valence-corrected chi connectivity index (χ1v) is 6.37. The highest BCUT2D eigenvalue weighted by Crippen LogP contribution is 2.18. The summed E-state index contributed by atoms with van der Waals surface area (Å²) in [5.74, 6) is 0. The van der Waals surface area contributed by atoms with E-state index in [9.17, 15) is 0 Å². The van der Waals surface area contributed by atoms with Crippen LogP contribution in [0.5, 0.6) is 0 Å². The van der Waals surface area contributed by atoms with Crippen LogP contribution in [0.3, 0.4) is 0 Å². The zero-order valence-electron chi connectivity index (χ0n) is 9.73. The van der Waals surface area contributed by atoms with E-state index in [1.54, 1.807) is 4.68 Å². The molecule has 17 heavy (non-hydrogen) atoms. The molecule has 2 rings (SSSR count).